The lowest BCUT2D eigenvalue weighted by molar-refractivity contribution is -0.118. The van der Waals surface area contributed by atoms with Crippen molar-refractivity contribution in [3.8, 4) is 0 Å². The predicted octanol–water partition coefficient (Wildman–Crippen LogP) is 5.42. The van der Waals surface area contributed by atoms with E-state index < -0.39 is 0 Å². The van der Waals surface area contributed by atoms with Gasteiger partial charge in [0.25, 0.3) is 0 Å². The first-order chi connectivity index (χ1) is 14.6. The van der Waals surface area contributed by atoms with Crippen molar-refractivity contribution in [3.63, 3.8) is 0 Å². The Bertz CT molecular complexity index is 313. The van der Waals surface area contributed by atoms with Crippen molar-refractivity contribution in [2.24, 2.45) is 5.73 Å². The number of aliphatic hydroxyl groups excluding tert-OH is 2. The second-order valence-corrected chi connectivity index (χ2v) is 8.45. The average Bonchev–Trinajstić information content (AvgIpc) is 2.72. The first kappa shape index (κ1) is 31.5. The molecule has 0 rings (SSSR count). The largest absolute Gasteiger partial charge is 0.395 e. The zero-order valence-electron chi connectivity index (χ0n) is 20.4. The first-order valence-electron chi connectivity index (χ1n) is 12.8. The molecule has 5 nitrogen and oxygen atoms in total. The molecule has 5 heteroatoms. The Labute approximate surface area is 187 Å². The molecule has 0 bridgehead atoms. The van der Waals surface area contributed by atoms with Gasteiger partial charge >= 0.3 is 0 Å². The van der Waals surface area contributed by atoms with E-state index in [4.69, 9.17) is 15.9 Å². The van der Waals surface area contributed by atoms with Crippen molar-refractivity contribution in [1.82, 2.24) is 4.90 Å². The molecule has 0 fully saturated rings. The molecule has 0 aromatic carbocycles. The average molecular weight is 431 g/mol. The van der Waals surface area contributed by atoms with Crippen LogP contribution in [0.4, 0.5) is 0 Å². The fraction of sp³-hybridized carbons (Fsp3) is 0.960. The molecule has 0 radical (unpaired) electrons. The summed E-state index contributed by atoms with van der Waals surface area (Å²) < 4.78 is 0. The van der Waals surface area contributed by atoms with Crippen molar-refractivity contribution in [3.05, 3.63) is 0 Å². The van der Waals surface area contributed by atoms with Crippen LogP contribution in [0.25, 0.3) is 0 Å². The van der Waals surface area contributed by atoms with Gasteiger partial charge in [0.1, 0.15) is 0 Å². The molecule has 0 aliphatic rings. The summed E-state index contributed by atoms with van der Waals surface area (Å²) in [7, 11) is 0. The number of primary amides is 1. The number of carbonyl (C=O) groups is 1. The minimum atomic E-state index is -0.153. The number of aliphatic hydroxyl groups is 2. The smallest absolute Gasteiger partial charge is 0.217 e. The molecule has 182 valence electrons. The molecule has 0 aromatic rings. The minimum Gasteiger partial charge on any atom is -0.395 e. The van der Waals surface area contributed by atoms with Gasteiger partial charge < -0.3 is 15.9 Å². The van der Waals surface area contributed by atoms with E-state index in [0.29, 0.717) is 19.5 Å². The zero-order valence-corrected chi connectivity index (χ0v) is 20.4. The highest BCUT2D eigenvalue weighted by molar-refractivity contribution is 5.73. The molecule has 0 atom stereocenters. The van der Waals surface area contributed by atoms with Gasteiger partial charge in [-0.05, 0) is 19.4 Å². The standard InChI is InChI=1S/C18H37NO.C7H17NO2/c1-2-3-4-5-6-7-8-9-10-11-12-13-14-15-16-17-18(19)20;1-2-3-8(4-6-9)5-7-10/h2-17H2,1H3,(H2,19,20);9-10H,2-7H2,1H3. The predicted molar refractivity (Wildman–Crippen MR) is 130 cm³/mol. The highest BCUT2D eigenvalue weighted by Gasteiger charge is 1.99. The summed E-state index contributed by atoms with van der Waals surface area (Å²) >= 11 is 0. The van der Waals surface area contributed by atoms with Gasteiger partial charge in [0.2, 0.25) is 5.91 Å². The Morgan fingerprint density at radius 3 is 1.27 bits per heavy atom. The van der Waals surface area contributed by atoms with Gasteiger partial charge in [-0.1, -0.05) is 104 Å². The topological polar surface area (TPSA) is 86.8 Å². The third kappa shape index (κ3) is 29.6. The van der Waals surface area contributed by atoms with Crippen LogP contribution in [0, 0.1) is 0 Å². The van der Waals surface area contributed by atoms with Gasteiger partial charge in [-0.15, -0.1) is 0 Å². The summed E-state index contributed by atoms with van der Waals surface area (Å²) in [5.41, 5.74) is 5.11. The van der Waals surface area contributed by atoms with Gasteiger partial charge in [0, 0.05) is 19.5 Å². The Kier molecular flexibility index (Phi) is 29.8. The molecule has 0 heterocycles. The van der Waals surface area contributed by atoms with Gasteiger partial charge in [0.05, 0.1) is 13.2 Å². The van der Waals surface area contributed by atoms with Gasteiger partial charge in [0.15, 0.2) is 0 Å². The lowest BCUT2D eigenvalue weighted by Crippen LogP contribution is -2.30. The number of nitrogens with zero attached hydrogens (tertiary/aromatic N) is 1. The summed E-state index contributed by atoms with van der Waals surface area (Å²) in [5, 5.41) is 17.1. The normalized spacial score (nSPS) is 10.8. The molecule has 1 amide bonds. The second kappa shape index (κ2) is 28.4. The maximum atomic E-state index is 10.6. The Balaban J connectivity index is 0. The third-order valence-corrected chi connectivity index (χ3v) is 5.40. The Hall–Kier alpha value is -0.650. The molecule has 4 N–H and O–H groups in total. The number of amides is 1. The van der Waals surface area contributed by atoms with E-state index in [2.05, 4.69) is 13.8 Å². The summed E-state index contributed by atoms with van der Waals surface area (Å²) in [6, 6.07) is 0. The molecule has 0 saturated carbocycles. The van der Waals surface area contributed by atoms with Crippen LogP contribution in [0.5, 0.6) is 0 Å². The molecule has 0 aromatic heterocycles. The van der Waals surface area contributed by atoms with Crippen molar-refractivity contribution in [1.29, 1.82) is 0 Å². The lowest BCUT2D eigenvalue weighted by atomic mass is 10.0. The van der Waals surface area contributed by atoms with Crippen LogP contribution in [0.2, 0.25) is 0 Å². The number of unbranched alkanes of at least 4 members (excludes halogenated alkanes) is 14. The van der Waals surface area contributed by atoms with E-state index in [0.717, 1.165) is 19.4 Å². The van der Waals surface area contributed by atoms with Crippen molar-refractivity contribution < 1.29 is 15.0 Å². The van der Waals surface area contributed by atoms with Crippen molar-refractivity contribution >= 4 is 5.91 Å². The minimum absolute atomic E-state index is 0.153. The Morgan fingerprint density at radius 2 is 0.967 bits per heavy atom. The quantitative estimate of drug-likeness (QED) is 0.200. The fourth-order valence-electron chi connectivity index (χ4n) is 3.61. The number of hydrogen-bond acceptors (Lipinski definition) is 4. The van der Waals surface area contributed by atoms with Crippen molar-refractivity contribution in [2.75, 3.05) is 32.8 Å². The number of rotatable bonds is 22. The van der Waals surface area contributed by atoms with Gasteiger partial charge in [-0.25, -0.2) is 0 Å². The molecular weight excluding hydrogens is 376 g/mol. The summed E-state index contributed by atoms with van der Waals surface area (Å²) in [6.45, 7) is 7.03. The van der Waals surface area contributed by atoms with E-state index in [1.807, 2.05) is 4.90 Å². The molecule has 0 aliphatic heterocycles. The van der Waals surface area contributed by atoms with Crippen LogP contribution in [-0.4, -0.2) is 53.9 Å². The van der Waals surface area contributed by atoms with E-state index >= 15 is 0 Å². The first-order valence-corrected chi connectivity index (χ1v) is 12.8. The highest BCUT2D eigenvalue weighted by Crippen LogP contribution is 2.13. The molecule has 0 spiro atoms. The summed E-state index contributed by atoms with van der Waals surface area (Å²) in [4.78, 5) is 12.6. The Morgan fingerprint density at radius 1 is 0.600 bits per heavy atom. The van der Waals surface area contributed by atoms with Crippen LogP contribution >= 0.6 is 0 Å². The number of nitrogens with two attached hydrogens (primary N) is 1. The summed E-state index contributed by atoms with van der Waals surface area (Å²) in [6.07, 6.45) is 22.0. The fourth-order valence-corrected chi connectivity index (χ4v) is 3.61. The molecule has 30 heavy (non-hydrogen) atoms. The molecule has 0 aliphatic carbocycles. The summed E-state index contributed by atoms with van der Waals surface area (Å²) in [5.74, 6) is -0.153. The zero-order chi connectivity index (χ0) is 22.7. The highest BCUT2D eigenvalue weighted by atomic mass is 16.3. The van der Waals surface area contributed by atoms with Gasteiger partial charge in [-0.2, -0.15) is 0 Å². The maximum absolute atomic E-state index is 10.6. The SMILES string of the molecule is CCCCCCCCCCCCCCCCCC(N)=O.CCCN(CCO)CCO. The van der Waals surface area contributed by atoms with Crippen LogP contribution in [0.3, 0.4) is 0 Å². The van der Waals surface area contributed by atoms with Crippen LogP contribution in [-0.2, 0) is 4.79 Å². The van der Waals surface area contributed by atoms with E-state index in [-0.39, 0.29) is 19.1 Å². The molecular formula is C25H54N2O3. The number of hydrogen-bond donors (Lipinski definition) is 3. The lowest BCUT2D eigenvalue weighted by Gasteiger charge is -2.18. The van der Waals surface area contributed by atoms with E-state index in [1.54, 1.807) is 0 Å². The second-order valence-electron chi connectivity index (χ2n) is 8.45. The van der Waals surface area contributed by atoms with Crippen molar-refractivity contribution in [2.45, 2.75) is 123 Å². The molecule has 0 saturated heterocycles. The molecule has 0 unspecified atom stereocenters. The van der Waals surface area contributed by atoms with Crippen LogP contribution in [0.1, 0.15) is 123 Å². The van der Waals surface area contributed by atoms with E-state index in [9.17, 15) is 4.79 Å². The number of carbonyl (C=O) groups excluding carboxylic acids is 1. The van der Waals surface area contributed by atoms with Gasteiger partial charge in [-0.3, -0.25) is 9.69 Å². The van der Waals surface area contributed by atoms with Crippen LogP contribution < -0.4 is 5.73 Å². The monoisotopic (exact) mass is 430 g/mol. The maximum Gasteiger partial charge on any atom is 0.217 e. The van der Waals surface area contributed by atoms with Crippen LogP contribution in [0.15, 0.2) is 0 Å². The third-order valence-electron chi connectivity index (χ3n) is 5.40. The van der Waals surface area contributed by atoms with E-state index in [1.165, 1.54) is 89.9 Å².